The van der Waals surface area contributed by atoms with Gasteiger partial charge in [-0.15, -0.1) is 0 Å². The zero-order valence-electron chi connectivity index (χ0n) is 16.3. The van der Waals surface area contributed by atoms with E-state index in [1.54, 1.807) is 7.11 Å². The van der Waals surface area contributed by atoms with Gasteiger partial charge in [-0.05, 0) is 30.9 Å². The van der Waals surface area contributed by atoms with Crippen molar-refractivity contribution in [1.82, 2.24) is 4.90 Å². The van der Waals surface area contributed by atoms with Gasteiger partial charge in [0.1, 0.15) is 11.5 Å². The van der Waals surface area contributed by atoms with Crippen molar-refractivity contribution in [2.24, 2.45) is 5.92 Å². The van der Waals surface area contributed by atoms with Gasteiger partial charge >= 0.3 is 0 Å². The van der Waals surface area contributed by atoms with E-state index >= 15 is 0 Å². The summed E-state index contributed by atoms with van der Waals surface area (Å²) < 4.78 is 16.7. The number of para-hydroxylation sites is 2. The lowest BCUT2D eigenvalue weighted by Crippen LogP contribution is -2.42. The Hall–Kier alpha value is -2.37. The highest BCUT2D eigenvalue weighted by atomic mass is 16.5. The third kappa shape index (κ3) is 3.91. The summed E-state index contributed by atoms with van der Waals surface area (Å²) in [6.45, 7) is 3.55. The van der Waals surface area contributed by atoms with Gasteiger partial charge in [-0.3, -0.25) is 4.79 Å². The predicted octanol–water partition coefficient (Wildman–Crippen LogP) is 3.83. The molecule has 1 saturated heterocycles. The van der Waals surface area contributed by atoms with Gasteiger partial charge < -0.3 is 19.1 Å². The van der Waals surface area contributed by atoms with Crippen molar-refractivity contribution in [1.29, 1.82) is 0 Å². The number of rotatable bonds is 6. The zero-order valence-corrected chi connectivity index (χ0v) is 16.3. The van der Waals surface area contributed by atoms with E-state index < -0.39 is 0 Å². The maximum atomic E-state index is 13.5. The quantitative estimate of drug-likeness (QED) is 0.714. The molecule has 2 aliphatic heterocycles. The molecule has 2 aromatic carbocycles. The van der Waals surface area contributed by atoms with Crippen LogP contribution in [0.3, 0.4) is 0 Å². The van der Waals surface area contributed by atoms with E-state index in [9.17, 15) is 4.79 Å². The molecule has 0 bridgehead atoms. The first-order valence-corrected chi connectivity index (χ1v) is 9.99. The largest absolute Gasteiger partial charge is 0.457 e. The fourth-order valence-corrected chi connectivity index (χ4v) is 4.07. The Morgan fingerprint density at radius 1 is 1.00 bits per heavy atom. The number of piperidine rings is 1. The van der Waals surface area contributed by atoms with Crippen LogP contribution in [0.1, 0.15) is 29.9 Å². The van der Waals surface area contributed by atoms with Crippen LogP contribution in [0, 0.1) is 5.92 Å². The Labute approximate surface area is 166 Å². The molecule has 5 heteroatoms. The van der Waals surface area contributed by atoms with E-state index in [4.69, 9.17) is 14.2 Å². The minimum atomic E-state index is -0.296. The highest BCUT2D eigenvalue weighted by Crippen LogP contribution is 2.44. The molecule has 0 atom stereocenters. The average molecular weight is 381 g/mol. The lowest BCUT2D eigenvalue weighted by Gasteiger charge is -2.36. The molecule has 1 amide bonds. The fraction of sp³-hybridized carbons (Fsp3) is 0.435. The van der Waals surface area contributed by atoms with Crippen molar-refractivity contribution in [3.8, 4) is 11.5 Å². The summed E-state index contributed by atoms with van der Waals surface area (Å²) in [4.78, 5) is 15.5. The summed E-state index contributed by atoms with van der Waals surface area (Å²) in [5, 5.41) is 0. The number of hydrogen-bond acceptors (Lipinski definition) is 4. The summed E-state index contributed by atoms with van der Waals surface area (Å²) in [5.41, 5.74) is 1.91. The molecular formula is C23H27NO4. The van der Waals surface area contributed by atoms with Crippen molar-refractivity contribution in [3.63, 3.8) is 0 Å². The Morgan fingerprint density at radius 2 is 1.61 bits per heavy atom. The molecule has 0 radical (unpaired) electrons. The summed E-state index contributed by atoms with van der Waals surface area (Å²) in [5.74, 6) is 1.94. The SMILES string of the molecule is COCCOCC1CCN(C(=O)C2c3ccccc3Oc3ccccc32)CC1. The molecule has 0 saturated carbocycles. The van der Waals surface area contributed by atoms with Crippen molar-refractivity contribution in [3.05, 3.63) is 59.7 Å². The number of benzene rings is 2. The third-order valence-electron chi connectivity index (χ3n) is 5.64. The highest BCUT2D eigenvalue weighted by Gasteiger charge is 2.36. The number of ether oxygens (including phenoxy) is 3. The fourth-order valence-electron chi connectivity index (χ4n) is 4.07. The molecule has 0 aliphatic carbocycles. The van der Waals surface area contributed by atoms with Gasteiger partial charge in [-0.25, -0.2) is 0 Å². The van der Waals surface area contributed by atoms with Crippen LogP contribution in [0.5, 0.6) is 11.5 Å². The molecular weight excluding hydrogens is 354 g/mol. The van der Waals surface area contributed by atoms with Crippen LogP contribution in [0.25, 0.3) is 0 Å². The Morgan fingerprint density at radius 3 is 2.21 bits per heavy atom. The molecule has 1 fully saturated rings. The summed E-state index contributed by atoms with van der Waals surface area (Å²) >= 11 is 0. The van der Waals surface area contributed by atoms with Crippen LogP contribution in [0.4, 0.5) is 0 Å². The summed E-state index contributed by atoms with van der Waals surface area (Å²) in [6.07, 6.45) is 1.95. The van der Waals surface area contributed by atoms with E-state index in [0.717, 1.165) is 55.2 Å². The molecule has 5 nitrogen and oxygen atoms in total. The first kappa shape index (κ1) is 19.0. The van der Waals surface area contributed by atoms with E-state index in [0.29, 0.717) is 19.1 Å². The maximum absolute atomic E-state index is 13.5. The highest BCUT2D eigenvalue weighted by molar-refractivity contribution is 5.89. The monoisotopic (exact) mass is 381 g/mol. The van der Waals surface area contributed by atoms with Crippen LogP contribution < -0.4 is 4.74 Å². The average Bonchev–Trinajstić information content (AvgIpc) is 2.75. The molecule has 28 heavy (non-hydrogen) atoms. The first-order chi connectivity index (χ1) is 13.8. The van der Waals surface area contributed by atoms with E-state index in [2.05, 4.69) is 0 Å². The molecule has 4 rings (SSSR count). The smallest absolute Gasteiger partial charge is 0.234 e. The third-order valence-corrected chi connectivity index (χ3v) is 5.64. The number of likely N-dealkylation sites (tertiary alicyclic amines) is 1. The minimum absolute atomic E-state index is 0.168. The van der Waals surface area contributed by atoms with Crippen molar-refractivity contribution in [2.45, 2.75) is 18.8 Å². The second kappa shape index (κ2) is 8.76. The number of methoxy groups -OCH3 is 1. The Kier molecular flexibility index (Phi) is 5.93. The van der Waals surface area contributed by atoms with Gasteiger partial charge in [0.25, 0.3) is 0 Å². The van der Waals surface area contributed by atoms with Gasteiger partial charge in [0, 0.05) is 37.9 Å². The molecule has 0 aromatic heterocycles. The van der Waals surface area contributed by atoms with Gasteiger partial charge in [-0.2, -0.15) is 0 Å². The van der Waals surface area contributed by atoms with Gasteiger partial charge in [0.2, 0.25) is 5.91 Å². The molecule has 0 spiro atoms. The first-order valence-electron chi connectivity index (χ1n) is 9.99. The van der Waals surface area contributed by atoms with Gasteiger partial charge in [-0.1, -0.05) is 36.4 Å². The van der Waals surface area contributed by atoms with Gasteiger partial charge in [0.05, 0.1) is 19.1 Å². The maximum Gasteiger partial charge on any atom is 0.234 e. The van der Waals surface area contributed by atoms with Crippen LogP contribution in [0.15, 0.2) is 48.5 Å². The van der Waals surface area contributed by atoms with Gasteiger partial charge in [0.15, 0.2) is 0 Å². The lowest BCUT2D eigenvalue weighted by atomic mass is 9.86. The number of nitrogens with zero attached hydrogens (tertiary/aromatic N) is 1. The van der Waals surface area contributed by atoms with Crippen LogP contribution >= 0.6 is 0 Å². The van der Waals surface area contributed by atoms with Crippen molar-refractivity contribution >= 4 is 5.91 Å². The summed E-state index contributed by atoms with van der Waals surface area (Å²) in [6, 6.07) is 15.7. The number of hydrogen-bond donors (Lipinski definition) is 0. The van der Waals surface area contributed by atoms with E-state index in [-0.39, 0.29) is 11.8 Å². The standard InChI is InChI=1S/C23H27NO4/c1-26-14-15-27-16-17-10-12-24(13-11-17)23(25)22-18-6-2-4-8-20(18)28-21-9-5-3-7-19(21)22/h2-9,17,22H,10-16H2,1H3. The second-order valence-electron chi connectivity index (χ2n) is 7.45. The zero-order chi connectivity index (χ0) is 19.3. The van der Waals surface area contributed by atoms with Crippen molar-refractivity contribution < 1.29 is 19.0 Å². The Balaban J connectivity index is 1.46. The van der Waals surface area contributed by atoms with Crippen LogP contribution in [-0.2, 0) is 14.3 Å². The number of fused-ring (bicyclic) bond motifs is 2. The second-order valence-corrected chi connectivity index (χ2v) is 7.45. The predicted molar refractivity (Wildman–Crippen MR) is 107 cm³/mol. The van der Waals surface area contributed by atoms with Crippen molar-refractivity contribution in [2.75, 3.05) is 40.0 Å². The normalized spacial score (nSPS) is 17.0. The van der Waals surface area contributed by atoms with E-state index in [1.165, 1.54) is 0 Å². The topological polar surface area (TPSA) is 48.0 Å². The number of amides is 1. The molecule has 0 N–H and O–H groups in total. The molecule has 0 unspecified atom stereocenters. The van der Waals surface area contributed by atoms with E-state index in [1.807, 2.05) is 53.4 Å². The summed E-state index contributed by atoms with van der Waals surface area (Å²) in [7, 11) is 1.68. The molecule has 2 aliphatic rings. The van der Waals surface area contributed by atoms with Crippen LogP contribution in [-0.4, -0.2) is 50.8 Å². The molecule has 148 valence electrons. The number of carbonyl (C=O) groups excluding carboxylic acids is 1. The Bertz CT molecular complexity index is 768. The minimum Gasteiger partial charge on any atom is -0.457 e. The molecule has 2 aromatic rings. The lowest BCUT2D eigenvalue weighted by molar-refractivity contribution is -0.133. The number of carbonyl (C=O) groups is 1. The molecule has 2 heterocycles. The van der Waals surface area contributed by atoms with Crippen LogP contribution in [0.2, 0.25) is 0 Å².